The number of hydrogen-bond acceptors (Lipinski definition) is 7. The fourth-order valence-corrected chi connectivity index (χ4v) is 6.22. The van der Waals surface area contributed by atoms with E-state index in [1.54, 1.807) is 0 Å². The maximum absolute atomic E-state index is 11.9. The summed E-state index contributed by atoms with van der Waals surface area (Å²) in [5, 5.41) is 6.12. The maximum Gasteiger partial charge on any atom is 0.369 e. The third-order valence-electron chi connectivity index (χ3n) is 6.62. The van der Waals surface area contributed by atoms with Crippen LogP contribution in [0.4, 0.5) is 0 Å². The van der Waals surface area contributed by atoms with Gasteiger partial charge in [0.15, 0.2) is 0 Å². The van der Waals surface area contributed by atoms with Crippen LogP contribution in [0, 0.1) is 0 Å². The Hall–Kier alpha value is -0.640. The van der Waals surface area contributed by atoms with Gasteiger partial charge in [-0.25, -0.2) is 0 Å². The second-order valence-electron chi connectivity index (χ2n) is 10.2. The number of aliphatic hydroxyl groups is 1. The van der Waals surface area contributed by atoms with Crippen molar-refractivity contribution in [2.75, 3.05) is 19.8 Å². The van der Waals surface area contributed by atoms with E-state index in [1.165, 1.54) is 77.0 Å². The zero-order chi connectivity index (χ0) is 29.6. The van der Waals surface area contributed by atoms with Gasteiger partial charge in [-0.1, -0.05) is 90.4 Å². The molecule has 0 saturated carbocycles. The van der Waals surface area contributed by atoms with Crippen LogP contribution in [0.1, 0.15) is 129 Å². The third kappa shape index (κ3) is 19.2. The van der Waals surface area contributed by atoms with Crippen molar-refractivity contribution >= 4 is 26.9 Å². The molecule has 11 nitrogen and oxygen atoms in total. The van der Waals surface area contributed by atoms with Gasteiger partial charge in [0, 0.05) is 38.9 Å². The van der Waals surface area contributed by atoms with Crippen molar-refractivity contribution in [3.63, 3.8) is 0 Å². The second kappa shape index (κ2) is 22.0. The SMILES string of the molecule is CCCCCCCCCCCCCCCCOCCCOC(=O)CCC(=O)CCC(O)(P(=O)(O)O)P(=O)(O)O. The molecule has 5 N–H and O–H groups in total. The summed E-state index contributed by atoms with van der Waals surface area (Å²) in [5.41, 5.74) is 0. The molecule has 0 radical (unpaired) electrons. The number of carbonyl (C=O) groups excluding carboxylic acids is 2. The Balaban J connectivity index is 3.61. The number of Topliss-reactive ketones (excluding diaryl/α,β-unsaturated/α-hetero) is 1. The molecule has 0 aromatic rings. The fraction of sp³-hybridized carbons (Fsp3) is 0.923. The highest BCUT2D eigenvalue weighted by Gasteiger charge is 2.58. The Morgan fingerprint density at radius 2 is 1.05 bits per heavy atom. The summed E-state index contributed by atoms with van der Waals surface area (Å²) in [6.45, 7) is 3.49. The molecule has 232 valence electrons. The van der Waals surface area contributed by atoms with Crippen LogP contribution in [0.3, 0.4) is 0 Å². The molecule has 0 aliphatic carbocycles. The van der Waals surface area contributed by atoms with E-state index in [0.717, 1.165) is 12.8 Å². The van der Waals surface area contributed by atoms with E-state index in [-0.39, 0.29) is 19.4 Å². The van der Waals surface area contributed by atoms with Gasteiger partial charge in [-0.15, -0.1) is 0 Å². The first-order valence-electron chi connectivity index (χ1n) is 14.4. The van der Waals surface area contributed by atoms with E-state index in [0.29, 0.717) is 19.6 Å². The average Bonchev–Trinajstić information content (AvgIpc) is 2.86. The number of unbranched alkanes of at least 4 members (excludes halogenated alkanes) is 13. The Kier molecular flexibility index (Phi) is 21.7. The smallest absolute Gasteiger partial charge is 0.369 e. The minimum Gasteiger partial charge on any atom is -0.466 e. The summed E-state index contributed by atoms with van der Waals surface area (Å²) in [7, 11) is -11.2. The van der Waals surface area contributed by atoms with Gasteiger partial charge in [-0.2, -0.15) is 0 Å². The summed E-state index contributed by atoms with van der Waals surface area (Å²) in [6, 6.07) is 0. The van der Waals surface area contributed by atoms with Crippen molar-refractivity contribution in [2.45, 2.75) is 134 Å². The lowest BCUT2D eigenvalue weighted by Crippen LogP contribution is -2.29. The molecule has 0 unspecified atom stereocenters. The Bertz CT molecular complexity index is 726. The number of hydrogen-bond donors (Lipinski definition) is 5. The molecule has 0 aromatic carbocycles. The highest BCUT2D eigenvalue weighted by molar-refractivity contribution is 7.72. The molecule has 0 aromatic heterocycles. The minimum atomic E-state index is -5.61. The molecule has 0 aliphatic heterocycles. The topological polar surface area (TPSA) is 188 Å². The molecule has 0 spiro atoms. The van der Waals surface area contributed by atoms with Crippen molar-refractivity contribution in [1.29, 1.82) is 0 Å². The lowest BCUT2D eigenvalue weighted by molar-refractivity contribution is -0.145. The molecule has 0 aliphatic rings. The molecule has 0 fully saturated rings. The summed E-state index contributed by atoms with van der Waals surface area (Å²) in [6.07, 6.45) is 16.2. The molecule has 39 heavy (non-hydrogen) atoms. The minimum absolute atomic E-state index is 0.127. The van der Waals surface area contributed by atoms with Gasteiger partial charge in [0.2, 0.25) is 0 Å². The standard InChI is InChI=1S/C26H52O11P2/c1-2-3-4-5-6-7-8-9-10-11-12-13-14-15-21-36-22-16-23-37-25(28)18-17-24(27)19-20-26(29,38(30,31)32)39(33,34)35/h29H,2-23H2,1H3,(H2,30,31,32)(H2,33,34,35). The van der Waals surface area contributed by atoms with Crippen molar-refractivity contribution in [3.8, 4) is 0 Å². The van der Waals surface area contributed by atoms with E-state index in [9.17, 15) is 23.8 Å². The quantitative estimate of drug-likeness (QED) is 0.0450. The zero-order valence-electron chi connectivity index (χ0n) is 23.6. The number of rotatable bonds is 27. The van der Waals surface area contributed by atoms with Gasteiger partial charge in [-0.05, 0) is 6.42 Å². The molecule has 13 heteroatoms. The van der Waals surface area contributed by atoms with E-state index in [1.807, 2.05) is 0 Å². The van der Waals surface area contributed by atoms with Gasteiger partial charge < -0.3 is 34.2 Å². The Morgan fingerprint density at radius 3 is 1.51 bits per heavy atom. The predicted molar refractivity (Wildman–Crippen MR) is 149 cm³/mol. The average molecular weight is 603 g/mol. The van der Waals surface area contributed by atoms with Gasteiger partial charge in [-0.3, -0.25) is 18.7 Å². The highest BCUT2D eigenvalue weighted by Crippen LogP contribution is 2.69. The van der Waals surface area contributed by atoms with Gasteiger partial charge >= 0.3 is 21.2 Å². The lowest BCUT2D eigenvalue weighted by Gasteiger charge is -2.28. The monoisotopic (exact) mass is 602 g/mol. The molecule has 0 saturated heterocycles. The van der Waals surface area contributed by atoms with Gasteiger partial charge in [0.1, 0.15) is 5.78 Å². The summed E-state index contributed by atoms with van der Waals surface area (Å²) >= 11 is 0. The van der Waals surface area contributed by atoms with E-state index >= 15 is 0 Å². The molecular formula is C26H52O11P2. The highest BCUT2D eigenvalue weighted by atomic mass is 31.2. The van der Waals surface area contributed by atoms with Gasteiger partial charge in [0.25, 0.3) is 5.08 Å². The third-order valence-corrected chi connectivity index (χ3v) is 10.5. The van der Waals surface area contributed by atoms with Gasteiger partial charge in [0.05, 0.1) is 13.0 Å². The Labute approximate surface area is 233 Å². The second-order valence-corrected chi connectivity index (χ2v) is 14.2. The first-order valence-corrected chi connectivity index (χ1v) is 17.7. The van der Waals surface area contributed by atoms with E-state index in [2.05, 4.69) is 6.92 Å². The van der Waals surface area contributed by atoms with E-state index in [4.69, 9.17) is 29.0 Å². The summed E-state index contributed by atoms with van der Waals surface area (Å²) < 4.78 is 33.1. The Morgan fingerprint density at radius 1 is 0.615 bits per heavy atom. The maximum atomic E-state index is 11.9. The first-order chi connectivity index (χ1) is 18.3. The van der Waals surface area contributed by atoms with Crippen LogP contribution < -0.4 is 0 Å². The number of ketones is 1. The molecule has 0 heterocycles. The lowest BCUT2D eigenvalue weighted by atomic mass is 10.0. The van der Waals surface area contributed by atoms with Crippen LogP contribution in [0.2, 0.25) is 0 Å². The zero-order valence-corrected chi connectivity index (χ0v) is 25.4. The summed E-state index contributed by atoms with van der Waals surface area (Å²) in [4.78, 5) is 59.8. The van der Waals surface area contributed by atoms with Crippen LogP contribution in [0.5, 0.6) is 0 Å². The molecule has 0 atom stereocenters. The molecule has 0 bridgehead atoms. The number of ether oxygens (including phenoxy) is 2. The van der Waals surface area contributed by atoms with E-state index < -0.39 is 44.9 Å². The van der Waals surface area contributed by atoms with Crippen LogP contribution in [0.15, 0.2) is 0 Å². The normalized spacial score (nSPS) is 12.6. The van der Waals surface area contributed by atoms with Crippen molar-refractivity contribution in [2.24, 2.45) is 0 Å². The molecule has 0 amide bonds. The van der Waals surface area contributed by atoms with Crippen molar-refractivity contribution < 1.29 is 52.9 Å². The van der Waals surface area contributed by atoms with Crippen LogP contribution in [0.25, 0.3) is 0 Å². The van der Waals surface area contributed by atoms with Crippen LogP contribution in [-0.4, -0.2) is 61.3 Å². The van der Waals surface area contributed by atoms with Crippen LogP contribution >= 0.6 is 15.2 Å². The fourth-order valence-electron chi connectivity index (χ4n) is 4.05. The van der Waals surface area contributed by atoms with Crippen molar-refractivity contribution in [3.05, 3.63) is 0 Å². The predicted octanol–water partition coefficient (Wildman–Crippen LogP) is 5.55. The molecule has 0 rings (SSSR count). The largest absolute Gasteiger partial charge is 0.466 e. The first kappa shape index (κ1) is 38.4. The summed E-state index contributed by atoms with van der Waals surface area (Å²) in [5.74, 6) is -1.33. The number of esters is 1. The number of carbonyl (C=O) groups is 2. The molecular weight excluding hydrogens is 550 g/mol. The van der Waals surface area contributed by atoms with Crippen LogP contribution in [-0.2, 0) is 28.2 Å². The van der Waals surface area contributed by atoms with Crippen molar-refractivity contribution in [1.82, 2.24) is 0 Å².